The molecule has 31 heavy (non-hydrogen) atoms. The lowest BCUT2D eigenvalue weighted by Crippen LogP contribution is -2.57. The first-order valence-corrected chi connectivity index (χ1v) is 10.4. The number of rotatable bonds is 8. The van der Waals surface area contributed by atoms with Crippen LogP contribution in [0.3, 0.4) is 0 Å². The summed E-state index contributed by atoms with van der Waals surface area (Å²) in [6.45, 7) is 2.23. The van der Waals surface area contributed by atoms with E-state index in [2.05, 4.69) is 39.4 Å². The highest BCUT2D eigenvalue weighted by atomic mass is 19.1. The molecule has 2 heterocycles. The lowest BCUT2D eigenvalue weighted by Gasteiger charge is -2.47. The van der Waals surface area contributed by atoms with Crippen molar-refractivity contribution in [1.82, 2.24) is 15.1 Å². The summed E-state index contributed by atoms with van der Waals surface area (Å²) in [6, 6.07) is 14.7. The Kier molecular flexibility index (Phi) is 6.32. The lowest BCUT2D eigenvalue weighted by atomic mass is 9.87. The third-order valence-corrected chi connectivity index (χ3v) is 6.07. The van der Waals surface area contributed by atoms with E-state index in [1.165, 1.54) is 12.1 Å². The van der Waals surface area contributed by atoms with Crippen molar-refractivity contribution in [2.75, 3.05) is 31.7 Å². The number of carbonyl (C=O) groups is 1. The van der Waals surface area contributed by atoms with Crippen molar-refractivity contribution in [1.29, 1.82) is 0 Å². The van der Waals surface area contributed by atoms with Gasteiger partial charge in [0.15, 0.2) is 0 Å². The smallest absolute Gasteiger partial charge is 0.210 e. The van der Waals surface area contributed by atoms with Gasteiger partial charge in [-0.25, -0.2) is 4.39 Å². The Balaban J connectivity index is 1.54. The molecule has 0 spiro atoms. The number of likely N-dealkylation sites (N-methyl/N-ethyl adjacent to an activating group) is 1. The fourth-order valence-electron chi connectivity index (χ4n) is 4.29. The van der Waals surface area contributed by atoms with Crippen LogP contribution >= 0.6 is 0 Å². The second kappa shape index (κ2) is 9.31. The van der Waals surface area contributed by atoms with Gasteiger partial charge in [0, 0.05) is 50.8 Å². The quantitative estimate of drug-likeness (QED) is 0.560. The van der Waals surface area contributed by atoms with E-state index >= 15 is 0 Å². The third kappa shape index (κ3) is 4.77. The number of amides is 1. The lowest BCUT2D eigenvalue weighted by molar-refractivity contribution is -0.128. The number of aromatic nitrogens is 2. The van der Waals surface area contributed by atoms with E-state index in [1.54, 1.807) is 12.3 Å². The van der Waals surface area contributed by atoms with Crippen LogP contribution in [0.15, 0.2) is 60.9 Å². The van der Waals surface area contributed by atoms with Gasteiger partial charge in [0.2, 0.25) is 6.41 Å². The van der Waals surface area contributed by atoms with E-state index in [-0.39, 0.29) is 11.4 Å². The molecule has 1 N–H and O–H groups in total. The molecule has 1 saturated heterocycles. The Bertz CT molecular complexity index is 985. The Hall–Kier alpha value is -3.19. The monoisotopic (exact) mass is 422 g/mol. The van der Waals surface area contributed by atoms with Crippen LogP contribution in [-0.4, -0.2) is 53.9 Å². The Morgan fingerprint density at radius 2 is 1.94 bits per heavy atom. The van der Waals surface area contributed by atoms with Gasteiger partial charge in [-0.2, -0.15) is 5.10 Å². The Morgan fingerprint density at radius 3 is 2.58 bits per heavy atom. The Labute approximate surface area is 181 Å². The average Bonchev–Trinajstić information content (AvgIpc) is 3.33. The number of nitrogens with zero attached hydrogens (tertiary/aromatic N) is 3. The van der Waals surface area contributed by atoms with Crippen LogP contribution in [0.2, 0.25) is 0 Å². The van der Waals surface area contributed by atoms with Gasteiger partial charge >= 0.3 is 0 Å². The highest BCUT2D eigenvalue weighted by molar-refractivity contribution is 5.65. The highest BCUT2D eigenvalue weighted by Gasteiger charge is 2.39. The van der Waals surface area contributed by atoms with Gasteiger partial charge in [0.25, 0.3) is 0 Å². The van der Waals surface area contributed by atoms with E-state index in [4.69, 9.17) is 4.74 Å². The molecule has 0 unspecified atom stereocenters. The SMILES string of the molecule is CN(CC1(N(C=O)Cc2cccc(F)c2)CCOCC1)c1ccc(-c2cn[nH]c2)cc1. The summed E-state index contributed by atoms with van der Waals surface area (Å²) in [7, 11) is 2.04. The van der Waals surface area contributed by atoms with Crippen molar-refractivity contribution in [2.24, 2.45) is 0 Å². The fraction of sp³-hybridized carbons (Fsp3) is 0.333. The van der Waals surface area contributed by atoms with E-state index in [0.717, 1.165) is 41.6 Å². The topological polar surface area (TPSA) is 61.5 Å². The molecule has 1 aliphatic rings. The standard InChI is InChI=1S/C24H27FN4O2/c1-28(23-7-5-20(6-8-23)21-14-26-27-15-21)17-24(9-11-31-12-10-24)29(18-30)16-19-3-2-4-22(25)13-19/h2-8,13-15,18H,9-12,16-17H2,1H3,(H,26,27). The van der Waals surface area contributed by atoms with Gasteiger partial charge in [0.05, 0.1) is 11.7 Å². The molecule has 1 aromatic heterocycles. The molecule has 7 heteroatoms. The largest absolute Gasteiger partial charge is 0.381 e. The van der Waals surface area contributed by atoms with Crippen LogP contribution < -0.4 is 4.90 Å². The van der Waals surface area contributed by atoms with Gasteiger partial charge in [-0.3, -0.25) is 9.89 Å². The molecule has 162 valence electrons. The van der Waals surface area contributed by atoms with Crippen molar-refractivity contribution in [3.8, 4) is 11.1 Å². The third-order valence-electron chi connectivity index (χ3n) is 6.07. The molecular weight excluding hydrogens is 395 g/mol. The molecule has 1 amide bonds. The van der Waals surface area contributed by atoms with Crippen LogP contribution in [0.5, 0.6) is 0 Å². The molecule has 2 aromatic carbocycles. The van der Waals surface area contributed by atoms with Gasteiger partial charge in [0.1, 0.15) is 5.82 Å². The van der Waals surface area contributed by atoms with Crippen molar-refractivity contribution < 1.29 is 13.9 Å². The molecule has 1 fully saturated rings. The number of hydrogen-bond donors (Lipinski definition) is 1. The molecule has 0 saturated carbocycles. The number of hydrogen-bond acceptors (Lipinski definition) is 4. The molecular formula is C24H27FN4O2. The predicted molar refractivity (Wildman–Crippen MR) is 118 cm³/mol. The summed E-state index contributed by atoms with van der Waals surface area (Å²) in [5, 5.41) is 6.83. The zero-order valence-corrected chi connectivity index (χ0v) is 17.6. The van der Waals surface area contributed by atoms with Crippen LogP contribution in [0.25, 0.3) is 11.1 Å². The number of ether oxygens (including phenoxy) is 1. The summed E-state index contributed by atoms with van der Waals surface area (Å²) in [6.07, 6.45) is 6.03. The number of nitrogens with one attached hydrogen (secondary N) is 1. The number of carbonyl (C=O) groups excluding carboxylic acids is 1. The van der Waals surface area contributed by atoms with Crippen molar-refractivity contribution in [3.05, 3.63) is 72.3 Å². The van der Waals surface area contributed by atoms with Gasteiger partial charge in [-0.1, -0.05) is 24.3 Å². The Morgan fingerprint density at radius 1 is 1.16 bits per heavy atom. The van der Waals surface area contributed by atoms with E-state index in [1.807, 2.05) is 24.2 Å². The van der Waals surface area contributed by atoms with Gasteiger partial charge < -0.3 is 14.5 Å². The molecule has 0 aliphatic carbocycles. The molecule has 6 nitrogen and oxygen atoms in total. The van der Waals surface area contributed by atoms with Crippen LogP contribution in [-0.2, 0) is 16.1 Å². The summed E-state index contributed by atoms with van der Waals surface area (Å²) < 4.78 is 19.3. The van der Waals surface area contributed by atoms with Crippen LogP contribution in [0.1, 0.15) is 18.4 Å². The first-order valence-electron chi connectivity index (χ1n) is 10.4. The normalized spacial score (nSPS) is 15.4. The van der Waals surface area contributed by atoms with E-state index in [0.29, 0.717) is 26.3 Å². The molecule has 0 atom stereocenters. The molecule has 0 radical (unpaired) electrons. The van der Waals surface area contributed by atoms with Crippen LogP contribution in [0, 0.1) is 5.82 Å². The molecule has 1 aliphatic heterocycles. The summed E-state index contributed by atoms with van der Waals surface area (Å²) >= 11 is 0. The van der Waals surface area contributed by atoms with Crippen molar-refractivity contribution >= 4 is 12.1 Å². The molecule has 4 rings (SSSR count). The van der Waals surface area contributed by atoms with E-state index in [9.17, 15) is 9.18 Å². The van der Waals surface area contributed by atoms with Gasteiger partial charge in [-0.15, -0.1) is 0 Å². The predicted octanol–water partition coefficient (Wildman–Crippen LogP) is 3.86. The van der Waals surface area contributed by atoms with Crippen molar-refractivity contribution in [2.45, 2.75) is 24.9 Å². The average molecular weight is 423 g/mol. The maximum absolute atomic E-state index is 13.7. The summed E-state index contributed by atoms with van der Waals surface area (Å²) in [5.74, 6) is -0.292. The van der Waals surface area contributed by atoms with Crippen LogP contribution in [0.4, 0.5) is 10.1 Å². The maximum atomic E-state index is 13.7. The molecule has 3 aromatic rings. The number of anilines is 1. The number of benzene rings is 2. The maximum Gasteiger partial charge on any atom is 0.210 e. The number of aromatic amines is 1. The number of H-pyrrole nitrogens is 1. The highest BCUT2D eigenvalue weighted by Crippen LogP contribution is 2.31. The zero-order chi connectivity index (χ0) is 21.7. The number of halogens is 1. The van der Waals surface area contributed by atoms with Crippen molar-refractivity contribution in [3.63, 3.8) is 0 Å². The summed E-state index contributed by atoms with van der Waals surface area (Å²) in [4.78, 5) is 16.2. The first-order chi connectivity index (χ1) is 15.1. The minimum absolute atomic E-state index is 0.292. The second-order valence-electron chi connectivity index (χ2n) is 8.09. The minimum atomic E-state index is -0.385. The van der Waals surface area contributed by atoms with E-state index < -0.39 is 0 Å². The molecule has 0 bridgehead atoms. The summed E-state index contributed by atoms with van der Waals surface area (Å²) in [5.41, 5.74) is 3.59. The minimum Gasteiger partial charge on any atom is -0.381 e. The fourth-order valence-corrected chi connectivity index (χ4v) is 4.29. The second-order valence-corrected chi connectivity index (χ2v) is 8.09. The zero-order valence-electron chi connectivity index (χ0n) is 17.6. The first kappa shape index (κ1) is 21.1. The van der Waals surface area contributed by atoms with Gasteiger partial charge in [-0.05, 0) is 48.2 Å².